The number of nitrogens with one attached hydrogen (secondary N) is 1. The Balaban J connectivity index is 1.76. The second kappa shape index (κ2) is 9.91. The first kappa shape index (κ1) is 22.1. The number of methoxy groups -OCH3 is 1. The predicted octanol–water partition coefficient (Wildman–Crippen LogP) is 3.76. The minimum absolute atomic E-state index is 0.130. The van der Waals surface area contributed by atoms with E-state index in [0.717, 1.165) is 24.8 Å². The zero-order valence-corrected chi connectivity index (χ0v) is 18.2. The first-order valence-electron chi connectivity index (χ1n) is 10.1. The van der Waals surface area contributed by atoms with Gasteiger partial charge in [0.2, 0.25) is 15.9 Å². The highest BCUT2D eigenvalue weighted by Gasteiger charge is 2.29. The van der Waals surface area contributed by atoms with E-state index >= 15 is 0 Å². The molecule has 2 aromatic rings. The average molecular weight is 429 g/mol. The number of ether oxygens (including phenoxy) is 1. The van der Waals surface area contributed by atoms with Gasteiger partial charge < -0.3 is 10.1 Å². The summed E-state index contributed by atoms with van der Waals surface area (Å²) in [7, 11) is -2.19. The van der Waals surface area contributed by atoms with Gasteiger partial charge in [0.25, 0.3) is 0 Å². The molecule has 1 aliphatic heterocycles. The van der Waals surface area contributed by atoms with Crippen molar-refractivity contribution >= 4 is 22.0 Å². The van der Waals surface area contributed by atoms with Gasteiger partial charge in [0.05, 0.1) is 13.2 Å². The number of sulfonamides is 1. The van der Waals surface area contributed by atoms with E-state index in [9.17, 15) is 13.2 Å². The van der Waals surface area contributed by atoms with Crippen LogP contribution in [0.4, 0.5) is 0 Å². The maximum absolute atomic E-state index is 13.1. The van der Waals surface area contributed by atoms with Crippen molar-refractivity contribution in [2.75, 3.05) is 20.2 Å². The molecule has 6 nitrogen and oxygen atoms in total. The molecule has 1 heterocycles. The van der Waals surface area contributed by atoms with Crippen LogP contribution in [0.5, 0.6) is 5.75 Å². The summed E-state index contributed by atoms with van der Waals surface area (Å²) in [6.45, 7) is 2.95. The van der Waals surface area contributed by atoms with E-state index < -0.39 is 10.0 Å². The Morgan fingerprint density at radius 2 is 1.80 bits per heavy atom. The molecule has 1 amide bonds. The van der Waals surface area contributed by atoms with Gasteiger partial charge >= 0.3 is 0 Å². The van der Waals surface area contributed by atoms with Crippen molar-refractivity contribution < 1.29 is 17.9 Å². The molecule has 3 rings (SSSR count). The second-order valence-electron chi connectivity index (χ2n) is 7.35. The zero-order chi connectivity index (χ0) is 21.6. The number of rotatable bonds is 7. The van der Waals surface area contributed by atoms with Gasteiger partial charge in [-0.1, -0.05) is 42.8 Å². The number of carbonyl (C=O) groups excluding carboxylic acids is 1. The lowest BCUT2D eigenvalue weighted by molar-refractivity contribution is -0.117. The molecular formula is C23H28N2O4S. The molecule has 7 heteroatoms. The monoisotopic (exact) mass is 428 g/mol. The summed E-state index contributed by atoms with van der Waals surface area (Å²) in [4.78, 5) is 12.4. The van der Waals surface area contributed by atoms with E-state index in [2.05, 4.69) is 5.32 Å². The molecule has 0 aromatic heterocycles. The summed E-state index contributed by atoms with van der Waals surface area (Å²) < 4.78 is 33.0. The van der Waals surface area contributed by atoms with Crippen LogP contribution >= 0.6 is 0 Å². The lowest BCUT2D eigenvalue weighted by Gasteiger charge is -2.26. The van der Waals surface area contributed by atoms with E-state index in [1.165, 1.54) is 17.5 Å². The van der Waals surface area contributed by atoms with Gasteiger partial charge in [0, 0.05) is 19.2 Å². The average Bonchev–Trinajstić information content (AvgIpc) is 2.78. The molecule has 0 saturated carbocycles. The number of nitrogens with zero attached hydrogens (tertiary/aromatic N) is 1. The molecule has 1 atom stereocenters. The van der Waals surface area contributed by atoms with Gasteiger partial charge in [-0.3, -0.25) is 4.79 Å². The molecule has 30 heavy (non-hydrogen) atoms. The van der Waals surface area contributed by atoms with Crippen LogP contribution < -0.4 is 10.1 Å². The molecule has 1 saturated heterocycles. The number of hydrogen-bond acceptors (Lipinski definition) is 4. The minimum Gasteiger partial charge on any atom is -0.495 e. The lowest BCUT2D eigenvalue weighted by atomic mass is 10.1. The first-order valence-corrected chi connectivity index (χ1v) is 11.6. The van der Waals surface area contributed by atoms with E-state index in [1.54, 1.807) is 24.3 Å². The topological polar surface area (TPSA) is 75.7 Å². The summed E-state index contributed by atoms with van der Waals surface area (Å²) in [6.07, 6.45) is 5.80. The molecule has 0 aliphatic carbocycles. The smallest absolute Gasteiger partial charge is 0.246 e. The van der Waals surface area contributed by atoms with Crippen LogP contribution in [-0.2, 0) is 14.8 Å². The quantitative estimate of drug-likeness (QED) is 0.682. The van der Waals surface area contributed by atoms with Crippen molar-refractivity contribution in [2.45, 2.75) is 37.1 Å². The van der Waals surface area contributed by atoms with E-state index in [-0.39, 0.29) is 16.8 Å². The molecule has 0 radical (unpaired) electrons. The third kappa shape index (κ3) is 5.29. The molecule has 2 aromatic carbocycles. The SMILES string of the molecule is COc1ccc(/C=C/C(=O)NC(C)c2ccccc2)cc1S(=O)(=O)N1CCCCC1. The fraction of sp³-hybridized carbons (Fsp3) is 0.348. The van der Waals surface area contributed by atoms with Crippen LogP contribution in [0.25, 0.3) is 6.08 Å². The van der Waals surface area contributed by atoms with Crippen molar-refractivity contribution in [3.63, 3.8) is 0 Å². The zero-order valence-electron chi connectivity index (χ0n) is 17.4. The molecule has 1 fully saturated rings. The molecule has 0 bridgehead atoms. The summed E-state index contributed by atoms with van der Waals surface area (Å²) in [5.41, 5.74) is 1.63. The van der Waals surface area contributed by atoms with Crippen LogP contribution in [0.3, 0.4) is 0 Å². The molecule has 160 valence electrons. The summed E-state index contributed by atoms with van der Waals surface area (Å²) in [6, 6.07) is 14.5. The maximum Gasteiger partial charge on any atom is 0.246 e. The van der Waals surface area contributed by atoms with Crippen LogP contribution in [0.2, 0.25) is 0 Å². The summed E-state index contributed by atoms with van der Waals surface area (Å²) >= 11 is 0. The van der Waals surface area contributed by atoms with Gasteiger partial charge in [-0.2, -0.15) is 4.31 Å². The van der Waals surface area contributed by atoms with Crippen LogP contribution in [0, 0.1) is 0 Å². The third-order valence-electron chi connectivity index (χ3n) is 5.21. The van der Waals surface area contributed by atoms with E-state index in [1.807, 2.05) is 37.3 Å². The van der Waals surface area contributed by atoms with Crippen LogP contribution in [-0.4, -0.2) is 38.8 Å². The van der Waals surface area contributed by atoms with Gasteiger partial charge in [-0.05, 0) is 49.1 Å². The van der Waals surface area contributed by atoms with Gasteiger partial charge in [-0.15, -0.1) is 0 Å². The molecule has 1 N–H and O–H groups in total. The summed E-state index contributed by atoms with van der Waals surface area (Å²) in [5.74, 6) is 0.0579. The Morgan fingerprint density at radius 3 is 2.47 bits per heavy atom. The Kier molecular flexibility index (Phi) is 7.29. The molecular weight excluding hydrogens is 400 g/mol. The van der Waals surface area contributed by atoms with Crippen molar-refractivity contribution in [2.24, 2.45) is 0 Å². The fourth-order valence-electron chi connectivity index (χ4n) is 3.50. The number of piperidine rings is 1. The highest BCUT2D eigenvalue weighted by Crippen LogP contribution is 2.30. The van der Waals surface area contributed by atoms with Crippen molar-refractivity contribution in [1.29, 1.82) is 0 Å². The molecule has 1 aliphatic rings. The number of amides is 1. The van der Waals surface area contributed by atoms with Crippen molar-refractivity contribution in [3.8, 4) is 5.75 Å². The number of carbonyl (C=O) groups is 1. The fourth-order valence-corrected chi connectivity index (χ4v) is 5.21. The van der Waals surface area contributed by atoms with Gasteiger partial charge in [0.1, 0.15) is 10.6 Å². The highest BCUT2D eigenvalue weighted by atomic mass is 32.2. The minimum atomic E-state index is -3.65. The van der Waals surface area contributed by atoms with Crippen molar-refractivity contribution in [3.05, 3.63) is 65.7 Å². The Labute approximate surface area is 178 Å². The lowest BCUT2D eigenvalue weighted by Crippen LogP contribution is -2.35. The van der Waals surface area contributed by atoms with Crippen molar-refractivity contribution in [1.82, 2.24) is 9.62 Å². The molecule has 0 spiro atoms. The van der Waals surface area contributed by atoms with E-state index in [0.29, 0.717) is 24.4 Å². The second-order valence-corrected chi connectivity index (χ2v) is 9.26. The van der Waals surface area contributed by atoms with Gasteiger partial charge in [0.15, 0.2) is 0 Å². The molecule has 1 unspecified atom stereocenters. The predicted molar refractivity (Wildman–Crippen MR) is 118 cm³/mol. The standard InChI is InChI=1S/C23H28N2O4S/c1-18(20-9-5-3-6-10-20)24-23(26)14-12-19-11-13-21(29-2)22(17-19)30(27,28)25-15-7-4-8-16-25/h3,5-6,9-14,17-18H,4,7-8,15-16H2,1-2H3,(H,24,26)/b14-12+. The highest BCUT2D eigenvalue weighted by molar-refractivity contribution is 7.89. The first-order chi connectivity index (χ1) is 14.4. The normalized spacial score (nSPS) is 16.3. The third-order valence-corrected chi connectivity index (χ3v) is 7.13. The number of benzene rings is 2. The maximum atomic E-state index is 13.1. The summed E-state index contributed by atoms with van der Waals surface area (Å²) in [5, 5.41) is 2.91. The largest absolute Gasteiger partial charge is 0.495 e. The van der Waals surface area contributed by atoms with Gasteiger partial charge in [-0.25, -0.2) is 8.42 Å². The number of hydrogen-bond donors (Lipinski definition) is 1. The Morgan fingerprint density at radius 1 is 1.10 bits per heavy atom. The van der Waals surface area contributed by atoms with Crippen LogP contribution in [0.15, 0.2) is 59.5 Å². The Hall–Kier alpha value is -2.64. The Bertz CT molecular complexity index is 997. The van der Waals surface area contributed by atoms with E-state index in [4.69, 9.17) is 4.74 Å². The van der Waals surface area contributed by atoms with Crippen LogP contribution in [0.1, 0.15) is 43.4 Å².